The van der Waals surface area contributed by atoms with Gasteiger partial charge in [0.2, 0.25) is 0 Å². The molecule has 0 saturated heterocycles. The first-order valence-electron chi connectivity index (χ1n) is 12.1. The molecule has 0 amide bonds. The molecule has 1 aromatic heterocycles. The van der Waals surface area contributed by atoms with Gasteiger partial charge in [-0.25, -0.2) is 4.98 Å². The lowest BCUT2D eigenvalue weighted by Gasteiger charge is -2.52. The fraction of sp³-hybridized carbons (Fsp3) is 0.194. The van der Waals surface area contributed by atoms with Gasteiger partial charge < -0.3 is 5.32 Å². The first-order chi connectivity index (χ1) is 16.7. The van der Waals surface area contributed by atoms with Crippen molar-refractivity contribution in [2.75, 3.05) is 11.9 Å². The van der Waals surface area contributed by atoms with E-state index in [9.17, 15) is 0 Å². The summed E-state index contributed by atoms with van der Waals surface area (Å²) in [4.78, 5) is 5.00. The number of anilines is 1. The van der Waals surface area contributed by atoms with E-state index in [1.165, 1.54) is 45.0 Å². The molecule has 0 fully saturated rings. The van der Waals surface area contributed by atoms with Crippen LogP contribution in [0.3, 0.4) is 0 Å². The van der Waals surface area contributed by atoms with Crippen molar-refractivity contribution in [2.45, 2.75) is 25.2 Å². The van der Waals surface area contributed by atoms with Gasteiger partial charge in [-0.1, -0.05) is 97.9 Å². The van der Waals surface area contributed by atoms with E-state index in [1.54, 1.807) is 11.3 Å². The number of benzene rings is 4. The van der Waals surface area contributed by atoms with Crippen molar-refractivity contribution in [1.29, 1.82) is 0 Å². The standard InChI is InChI=1S/C31H26N2S/c1-31(17-27-22-12-4-6-14-25(22)29(31)26-15-7-5-13-23(26)27)19-32-30-33-28(18-34-30)24-16-8-10-20-9-2-3-11-21(20)24/h2-16,18,27,29H,17,19H2,1H3,(H,32,33). The van der Waals surface area contributed by atoms with Gasteiger partial charge in [-0.15, -0.1) is 11.3 Å². The molecule has 8 rings (SSSR count). The summed E-state index contributed by atoms with van der Waals surface area (Å²) >= 11 is 1.71. The van der Waals surface area contributed by atoms with Crippen molar-refractivity contribution < 1.29 is 0 Å². The van der Waals surface area contributed by atoms with Crippen molar-refractivity contribution in [3.05, 3.63) is 119 Å². The van der Waals surface area contributed by atoms with Crippen LogP contribution < -0.4 is 5.32 Å². The lowest BCUT2D eigenvalue weighted by atomic mass is 9.53. The second kappa shape index (κ2) is 7.54. The van der Waals surface area contributed by atoms with Crippen molar-refractivity contribution in [3.63, 3.8) is 0 Å². The SMILES string of the molecule is CC1(CNc2nc(-c3cccc4ccccc34)cs2)CC2c3ccccc3C1c1ccccc12. The topological polar surface area (TPSA) is 24.9 Å². The fourth-order valence-corrected chi connectivity index (χ4v) is 7.16. The molecule has 0 saturated carbocycles. The minimum absolute atomic E-state index is 0.138. The maximum Gasteiger partial charge on any atom is 0.183 e. The predicted molar refractivity (Wildman–Crippen MR) is 143 cm³/mol. The first-order valence-corrected chi connectivity index (χ1v) is 12.9. The highest BCUT2D eigenvalue weighted by Crippen LogP contribution is 2.60. The Balaban J connectivity index is 1.20. The molecule has 34 heavy (non-hydrogen) atoms. The molecule has 5 aromatic rings. The van der Waals surface area contributed by atoms with Gasteiger partial charge in [0.1, 0.15) is 0 Å². The molecule has 0 spiro atoms. The van der Waals surface area contributed by atoms with Gasteiger partial charge in [0.25, 0.3) is 0 Å². The number of fused-ring (bicyclic) bond motifs is 2. The van der Waals surface area contributed by atoms with Gasteiger partial charge in [-0.2, -0.15) is 0 Å². The van der Waals surface area contributed by atoms with Crippen molar-refractivity contribution in [3.8, 4) is 11.3 Å². The third kappa shape index (κ3) is 2.97. The zero-order valence-corrected chi connectivity index (χ0v) is 20.0. The van der Waals surface area contributed by atoms with Gasteiger partial charge in [-0.3, -0.25) is 0 Å². The Labute approximate surface area is 204 Å². The molecule has 3 heteroatoms. The smallest absolute Gasteiger partial charge is 0.183 e. The molecule has 3 aliphatic carbocycles. The summed E-state index contributed by atoms with van der Waals surface area (Å²) in [6.45, 7) is 3.38. The summed E-state index contributed by atoms with van der Waals surface area (Å²) in [6.07, 6.45) is 1.17. The first kappa shape index (κ1) is 20.0. The largest absolute Gasteiger partial charge is 0.361 e. The molecule has 0 radical (unpaired) electrons. The maximum atomic E-state index is 5.00. The fourth-order valence-electron chi connectivity index (χ4n) is 6.45. The van der Waals surface area contributed by atoms with E-state index in [1.807, 2.05) is 0 Å². The number of rotatable bonds is 4. The number of nitrogens with zero attached hydrogens (tertiary/aromatic N) is 1. The molecule has 4 aromatic carbocycles. The van der Waals surface area contributed by atoms with Crippen LogP contribution in [0.25, 0.3) is 22.0 Å². The Morgan fingerprint density at radius 1 is 0.824 bits per heavy atom. The van der Waals surface area contributed by atoms with Crippen LogP contribution in [-0.2, 0) is 0 Å². The van der Waals surface area contributed by atoms with Crippen molar-refractivity contribution in [1.82, 2.24) is 4.98 Å². The summed E-state index contributed by atoms with van der Waals surface area (Å²) in [7, 11) is 0. The Kier molecular flexibility index (Phi) is 4.43. The van der Waals surface area contributed by atoms with Crippen LogP contribution in [0.4, 0.5) is 5.13 Å². The number of hydrogen-bond acceptors (Lipinski definition) is 3. The predicted octanol–water partition coefficient (Wildman–Crippen LogP) is 8.06. The van der Waals surface area contributed by atoms with Crippen LogP contribution in [0.15, 0.2) is 96.4 Å². The molecule has 1 heterocycles. The zero-order chi connectivity index (χ0) is 22.7. The second-order valence-electron chi connectivity index (χ2n) is 10.0. The van der Waals surface area contributed by atoms with Crippen LogP contribution in [0, 0.1) is 5.41 Å². The molecule has 2 nitrogen and oxygen atoms in total. The minimum Gasteiger partial charge on any atom is -0.361 e. The van der Waals surface area contributed by atoms with E-state index in [-0.39, 0.29) is 5.41 Å². The molecule has 1 N–H and O–H groups in total. The molecule has 1 atom stereocenters. The van der Waals surface area contributed by atoms with Crippen LogP contribution in [0.1, 0.15) is 47.4 Å². The van der Waals surface area contributed by atoms with E-state index < -0.39 is 0 Å². The average Bonchev–Trinajstić information content (AvgIpc) is 3.36. The third-order valence-electron chi connectivity index (χ3n) is 7.95. The van der Waals surface area contributed by atoms with Crippen molar-refractivity contribution >= 4 is 27.2 Å². The number of hydrogen-bond donors (Lipinski definition) is 1. The lowest BCUT2D eigenvalue weighted by Crippen LogP contribution is -2.43. The van der Waals surface area contributed by atoms with E-state index >= 15 is 0 Å². The molecule has 1 unspecified atom stereocenters. The third-order valence-corrected chi connectivity index (χ3v) is 8.75. The molecule has 3 aliphatic rings. The Bertz CT molecular complexity index is 1480. The van der Waals surface area contributed by atoms with E-state index in [0.29, 0.717) is 11.8 Å². The maximum absolute atomic E-state index is 5.00. The summed E-state index contributed by atoms with van der Waals surface area (Å²) in [5.41, 5.74) is 8.46. The normalized spacial score (nSPS) is 22.4. The highest BCUT2D eigenvalue weighted by Gasteiger charge is 2.49. The molecule has 2 bridgehead atoms. The summed E-state index contributed by atoms with van der Waals surface area (Å²) in [5.74, 6) is 0.890. The van der Waals surface area contributed by atoms with Crippen LogP contribution in [0.5, 0.6) is 0 Å². The molecular weight excluding hydrogens is 432 g/mol. The highest BCUT2D eigenvalue weighted by atomic mass is 32.1. The lowest BCUT2D eigenvalue weighted by molar-refractivity contribution is 0.225. The van der Waals surface area contributed by atoms with E-state index in [2.05, 4.69) is 109 Å². The summed E-state index contributed by atoms with van der Waals surface area (Å²) < 4.78 is 0. The van der Waals surface area contributed by atoms with E-state index in [4.69, 9.17) is 4.98 Å². The zero-order valence-electron chi connectivity index (χ0n) is 19.2. The summed E-state index contributed by atoms with van der Waals surface area (Å²) in [5, 5.41) is 9.45. The van der Waals surface area contributed by atoms with Gasteiger partial charge in [0.05, 0.1) is 5.69 Å². The van der Waals surface area contributed by atoms with Gasteiger partial charge in [-0.05, 0) is 44.9 Å². The van der Waals surface area contributed by atoms with Gasteiger partial charge in [0, 0.05) is 29.3 Å². The molecule has 166 valence electrons. The van der Waals surface area contributed by atoms with Crippen LogP contribution in [-0.4, -0.2) is 11.5 Å². The molecular formula is C31H26N2S. The van der Waals surface area contributed by atoms with Crippen LogP contribution in [0.2, 0.25) is 0 Å². The Hall–Kier alpha value is -3.43. The van der Waals surface area contributed by atoms with Crippen LogP contribution >= 0.6 is 11.3 Å². The quantitative estimate of drug-likeness (QED) is 0.295. The number of nitrogens with one attached hydrogen (secondary N) is 1. The monoisotopic (exact) mass is 458 g/mol. The second-order valence-corrected chi connectivity index (χ2v) is 10.9. The van der Waals surface area contributed by atoms with Gasteiger partial charge >= 0.3 is 0 Å². The number of thiazole rings is 1. The van der Waals surface area contributed by atoms with E-state index in [0.717, 1.165) is 17.4 Å². The summed E-state index contributed by atoms with van der Waals surface area (Å²) in [6, 6.07) is 33.2. The van der Waals surface area contributed by atoms with Crippen molar-refractivity contribution in [2.24, 2.45) is 5.41 Å². The highest BCUT2D eigenvalue weighted by molar-refractivity contribution is 7.14. The minimum atomic E-state index is 0.138. The Morgan fingerprint density at radius 3 is 2.24 bits per heavy atom. The molecule has 0 aliphatic heterocycles. The average molecular weight is 459 g/mol. The van der Waals surface area contributed by atoms with Gasteiger partial charge in [0.15, 0.2) is 5.13 Å². The Morgan fingerprint density at radius 2 is 1.47 bits per heavy atom. The number of aromatic nitrogens is 1.